The van der Waals surface area contributed by atoms with Gasteiger partial charge in [-0.2, -0.15) is 5.10 Å². The molecule has 0 radical (unpaired) electrons. The third-order valence-electron chi connectivity index (χ3n) is 3.99. The molecule has 3 aromatic rings. The van der Waals surface area contributed by atoms with Crippen LogP contribution in [0.15, 0.2) is 46.9 Å². The molecule has 0 atom stereocenters. The second kappa shape index (κ2) is 8.61. The van der Waals surface area contributed by atoms with Gasteiger partial charge in [0.15, 0.2) is 5.11 Å². The number of aromatic nitrogens is 2. The van der Waals surface area contributed by atoms with Crippen LogP contribution in [0.2, 0.25) is 10.0 Å². The molecule has 3 rings (SSSR count). The molecule has 0 fully saturated rings. The number of nitrogens with one attached hydrogen (secondary N) is 2. The molecule has 0 unspecified atom stereocenters. The fraction of sp³-hybridized carbons (Fsp3) is 0.158. The molecule has 2 N–H and O–H groups in total. The molecular formula is C19H17BrCl2N4S. The normalized spacial score (nSPS) is 10.7. The summed E-state index contributed by atoms with van der Waals surface area (Å²) in [5, 5.41) is 12.3. The van der Waals surface area contributed by atoms with Crippen LogP contribution in [0, 0.1) is 13.8 Å². The Bertz CT molecular complexity index is 1000. The van der Waals surface area contributed by atoms with Crippen molar-refractivity contribution in [2.75, 3.05) is 10.6 Å². The molecule has 4 nitrogen and oxygen atoms in total. The van der Waals surface area contributed by atoms with Crippen LogP contribution < -0.4 is 10.6 Å². The van der Waals surface area contributed by atoms with E-state index < -0.39 is 0 Å². The Hall–Kier alpha value is -1.60. The molecule has 0 amide bonds. The van der Waals surface area contributed by atoms with Crippen molar-refractivity contribution in [3.05, 3.63) is 73.9 Å². The largest absolute Gasteiger partial charge is 0.332 e. The zero-order chi connectivity index (χ0) is 19.6. The van der Waals surface area contributed by atoms with E-state index in [0.29, 0.717) is 21.7 Å². The van der Waals surface area contributed by atoms with Gasteiger partial charge in [-0.1, -0.05) is 35.3 Å². The average molecular weight is 484 g/mol. The Balaban J connectivity index is 1.68. The molecule has 27 heavy (non-hydrogen) atoms. The van der Waals surface area contributed by atoms with Gasteiger partial charge in [0.25, 0.3) is 0 Å². The zero-order valence-corrected chi connectivity index (χ0v) is 18.6. The molecule has 8 heteroatoms. The predicted octanol–water partition coefficient (Wildman–Crippen LogP) is 6.43. The fourth-order valence-corrected chi connectivity index (χ4v) is 3.43. The first-order chi connectivity index (χ1) is 12.8. The maximum Gasteiger partial charge on any atom is 0.175 e. The Morgan fingerprint density at radius 1 is 1.07 bits per heavy atom. The van der Waals surface area contributed by atoms with Gasteiger partial charge in [0, 0.05) is 11.4 Å². The number of anilines is 2. The van der Waals surface area contributed by atoms with Crippen LogP contribution in [-0.2, 0) is 6.54 Å². The van der Waals surface area contributed by atoms with E-state index in [2.05, 4.69) is 37.7 Å². The molecule has 0 aliphatic heterocycles. The van der Waals surface area contributed by atoms with E-state index in [4.69, 9.17) is 35.4 Å². The highest BCUT2D eigenvalue weighted by Crippen LogP contribution is 2.25. The van der Waals surface area contributed by atoms with Crippen LogP contribution in [0.1, 0.15) is 17.0 Å². The first kappa shape index (κ1) is 20.1. The SMILES string of the molecule is Cc1nn(Cc2cccc(NC(=S)Nc3ccc(Cl)c(Cl)c3)c2)c(C)c1Br. The lowest BCUT2D eigenvalue weighted by Crippen LogP contribution is -2.19. The summed E-state index contributed by atoms with van der Waals surface area (Å²) in [6.45, 7) is 4.71. The lowest BCUT2D eigenvalue weighted by Gasteiger charge is -2.12. The van der Waals surface area contributed by atoms with Gasteiger partial charge in [-0.15, -0.1) is 0 Å². The van der Waals surface area contributed by atoms with Crippen LogP contribution in [0.5, 0.6) is 0 Å². The Morgan fingerprint density at radius 2 is 1.78 bits per heavy atom. The second-order valence-corrected chi connectivity index (χ2v) is 8.07. The fourth-order valence-electron chi connectivity index (χ4n) is 2.62. The van der Waals surface area contributed by atoms with Crippen molar-refractivity contribution in [1.29, 1.82) is 0 Å². The van der Waals surface area contributed by atoms with Crippen LogP contribution in [-0.4, -0.2) is 14.9 Å². The molecule has 1 aromatic heterocycles. The molecule has 0 bridgehead atoms. The molecule has 140 valence electrons. The highest BCUT2D eigenvalue weighted by atomic mass is 79.9. The van der Waals surface area contributed by atoms with Gasteiger partial charge >= 0.3 is 0 Å². The van der Waals surface area contributed by atoms with Crippen LogP contribution in [0.4, 0.5) is 11.4 Å². The van der Waals surface area contributed by atoms with Gasteiger partial charge in [-0.05, 0) is 77.9 Å². The van der Waals surface area contributed by atoms with Crippen molar-refractivity contribution < 1.29 is 0 Å². The zero-order valence-electron chi connectivity index (χ0n) is 14.7. The van der Waals surface area contributed by atoms with E-state index in [0.717, 1.165) is 32.8 Å². The Morgan fingerprint density at radius 3 is 2.41 bits per heavy atom. The predicted molar refractivity (Wildman–Crippen MR) is 121 cm³/mol. The molecule has 0 aliphatic carbocycles. The van der Waals surface area contributed by atoms with Crippen molar-refractivity contribution in [1.82, 2.24) is 9.78 Å². The molecule has 0 spiro atoms. The number of aryl methyl sites for hydroxylation is 1. The standard InChI is InChI=1S/C19H17BrCl2N4S/c1-11-18(20)12(2)26(25-11)10-13-4-3-5-14(8-13)23-19(27)24-15-6-7-16(21)17(22)9-15/h3-9H,10H2,1-2H3,(H2,23,24,27). The van der Waals surface area contributed by atoms with Crippen molar-refractivity contribution >= 4 is 67.8 Å². The third-order valence-corrected chi connectivity index (χ3v) is 6.08. The Labute approximate surface area is 182 Å². The van der Waals surface area contributed by atoms with Crippen molar-refractivity contribution in [2.24, 2.45) is 0 Å². The quantitative estimate of drug-likeness (QED) is 0.419. The second-order valence-electron chi connectivity index (χ2n) is 6.05. The first-order valence-corrected chi connectivity index (χ1v) is 10.1. The topological polar surface area (TPSA) is 41.9 Å². The smallest absolute Gasteiger partial charge is 0.175 e. The van der Waals surface area contributed by atoms with Crippen molar-refractivity contribution in [2.45, 2.75) is 20.4 Å². The maximum absolute atomic E-state index is 6.03. The van der Waals surface area contributed by atoms with E-state index in [1.807, 2.05) is 42.8 Å². The van der Waals surface area contributed by atoms with Gasteiger partial charge in [0.1, 0.15) is 0 Å². The number of benzene rings is 2. The van der Waals surface area contributed by atoms with E-state index in [1.165, 1.54) is 0 Å². The van der Waals surface area contributed by atoms with Gasteiger partial charge in [0.05, 0.1) is 32.5 Å². The number of halogens is 3. The minimum atomic E-state index is 0.472. The molecule has 2 aromatic carbocycles. The average Bonchev–Trinajstić information content (AvgIpc) is 2.85. The maximum atomic E-state index is 6.03. The van der Waals surface area contributed by atoms with E-state index in [9.17, 15) is 0 Å². The summed E-state index contributed by atoms with van der Waals surface area (Å²) < 4.78 is 3.02. The Kier molecular flexibility index (Phi) is 6.42. The minimum Gasteiger partial charge on any atom is -0.332 e. The van der Waals surface area contributed by atoms with Crippen LogP contribution >= 0.6 is 51.3 Å². The van der Waals surface area contributed by atoms with Crippen LogP contribution in [0.3, 0.4) is 0 Å². The van der Waals surface area contributed by atoms with Gasteiger partial charge in [-0.25, -0.2) is 0 Å². The number of hydrogen-bond donors (Lipinski definition) is 2. The summed E-state index contributed by atoms with van der Waals surface area (Å²) >= 11 is 20.9. The molecular weight excluding hydrogens is 467 g/mol. The van der Waals surface area contributed by atoms with Crippen molar-refractivity contribution in [3.8, 4) is 0 Å². The number of nitrogens with zero attached hydrogens (tertiary/aromatic N) is 2. The molecule has 1 heterocycles. The lowest BCUT2D eigenvalue weighted by atomic mass is 10.2. The number of thiocarbonyl (C=S) groups is 1. The van der Waals surface area contributed by atoms with E-state index in [-0.39, 0.29) is 0 Å². The highest BCUT2D eigenvalue weighted by Gasteiger charge is 2.09. The molecule has 0 aliphatic rings. The van der Waals surface area contributed by atoms with Crippen LogP contribution in [0.25, 0.3) is 0 Å². The summed E-state index contributed by atoms with van der Waals surface area (Å²) in [6, 6.07) is 13.3. The van der Waals surface area contributed by atoms with E-state index >= 15 is 0 Å². The third kappa shape index (κ3) is 5.02. The summed E-state index contributed by atoms with van der Waals surface area (Å²) in [5.41, 5.74) is 4.86. The summed E-state index contributed by atoms with van der Waals surface area (Å²) in [5.74, 6) is 0. The van der Waals surface area contributed by atoms with Crippen molar-refractivity contribution in [3.63, 3.8) is 0 Å². The summed E-state index contributed by atoms with van der Waals surface area (Å²) in [6.07, 6.45) is 0. The van der Waals surface area contributed by atoms with Gasteiger partial charge in [-0.3, -0.25) is 4.68 Å². The number of rotatable bonds is 4. The monoisotopic (exact) mass is 482 g/mol. The first-order valence-electron chi connectivity index (χ1n) is 8.15. The van der Waals surface area contributed by atoms with Gasteiger partial charge in [0.2, 0.25) is 0 Å². The van der Waals surface area contributed by atoms with E-state index in [1.54, 1.807) is 12.1 Å². The minimum absolute atomic E-state index is 0.472. The lowest BCUT2D eigenvalue weighted by molar-refractivity contribution is 0.659. The van der Waals surface area contributed by atoms with Gasteiger partial charge < -0.3 is 10.6 Å². The molecule has 0 saturated carbocycles. The number of hydrogen-bond acceptors (Lipinski definition) is 2. The summed E-state index contributed by atoms with van der Waals surface area (Å²) in [4.78, 5) is 0. The summed E-state index contributed by atoms with van der Waals surface area (Å²) in [7, 11) is 0. The molecule has 0 saturated heterocycles. The highest BCUT2D eigenvalue weighted by molar-refractivity contribution is 9.10.